The first-order valence-corrected chi connectivity index (χ1v) is 7.90. The third kappa shape index (κ3) is 4.04. The topological polar surface area (TPSA) is 88.8 Å². The Kier molecular flexibility index (Phi) is 4.95. The van der Waals surface area contributed by atoms with E-state index >= 15 is 0 Å². The number of aromatic nitrogens is 3. The van der Waals surface area contributed by atoms with Crippen molar-refractivity contribution in [3.8, 4) is 0 Å². The number of rotatable bonds is 6. The van der Waals surface area contributed by atoms with Crippen molar-refractivity contribution in [1.82, 2.24) is 15.0 Å². The second-order valence-electron chi connectivity index (χ2n) is 4.97. The minimum absolute atomic E-state index is 0.129. The van der Waals surface area contributed by atoms with Gasteiger partial charge in [0.05, 0.1) is 16.7 Å². The first-order chi connectivity index (χ1) is 9.99. The Balaban J connectivity index is 2.14. The van der Waals surface area contributed by atoms with Crippen molar-refractivity contribution < 1.29 is 0 Å². The fourth-order valence-corrected chi connectivity index (χ4v) is 3.05. The summed E-state index contributed by atoms with van der Waals surface area (Å²) in [7, 11) is 0. The van der Waals surface area contributed by atoms with Gasteiger partial charge < -0.3 is 16.4 Å². The maximum atomic E-state index is 5.77. The number of aryl methyl sites for hydroxylation is 2. The van der Waals surface area contributed by atoms with Gasteiger partial charge in [-0.3, -0.25) is 0 Å². The normalized spacial score (nSPS) is 12.2. The summed E-state index contributed by atoms with van der Waals surface area (Å²) in [5, 5.41) is 7.67. The molecule has 114 valence electrons. The fourth-order valence-electron chi connectivity index (χ4n) is 2.12. The number of hydrogen-bond acceptors (Lipinski definition) is 7. The van der Waals surface area contributed by atoms with Gasteiger partial charge in [-0.15, -0.1) is 11.3 Å². The van der Waals surface area contributed by atoms with E-state index in [1.54, 1.807) is 11.3 Å². The first kappa shape index (κ1) is 15.5. The number of nitrogens with zero attached hydrogens (tertiary/aromatic N) is 3. The molecular weight excluding hydrogens is 284 g/mol. The molecule has 1 unspecified atom stereocenters. The van der Waals surface area contributed by atoms with Crippen molar-refractivity contribution in [3.05, 3.63) is 21.6 Å². The molecule has 1 atom stereocenters. The van der Waals surface area contributed by atoms with E-state index in [1.165, 1.54) is 4.88 Å². The van der Waals surface area contributed by atoms with E-state index in [-0.39, 0.29) is 12.0 Å². The zero-order valence-corrected chi connectivity index (χ0v) is 13.7. The predicted molar refractivity (Wildman–Crippen MR) is 88.9 cm³/mol. The van der Waals surface area contributed by atoms with Crippen LogP contribution in [0.4, 0.5) is 17.6 Å². The van der Waals surface area contributed by atoms with Gasteiger partial charge in [0.25, 0.3) is 0 Å². The minimum atomic E-state index is 0.129. The average Bonchev–Trinajstić information content (AvgIpc) is 2.75. The number of hydrogen-bond donors (Lipinski definition) is 3. The van der Waals surface area contributed by atoms with Crippen LogP contribution in [0.15, 0.2) is 6.07 Å². The van der Waals surface area contributed by atoms with Gasteiger partial charge in [-0.2, -0.15) is 9.97 Å². The molecule has 0 fully saturated rings. The second-order valence-corrected chi connectivity index (χ2v) is 6.21. The molecule has 21 heavy (non-hydrogen) atoms. The Hall–Kier alpha value is -1.89. The quantitative estimate of drug-likeness (QED) is 0.760. The number of nitrogen functional groups attached to an aromatic ring is 1. The molecule has 2 rings (SSSR count). The molecule has 0 spiro atoms. The number of nitrogens with two attached hydrogens (primary N) is 1. The summed E-state index contributed by atoms with van der Waals surface area (Å²) in [5.41, 5.74) is 6.83. The molecule has 2 aromatic rings. The molecule has 0 aromatic carbocycles. The molecule has 2 heterocycles. The highest BCUT2D eigenvalue weighted by molar-refractivity contribution is 7.11. The van der Waals surface area contributed by atoms with E-state index in [1.807, 2.05) is 19.9 Å². The lowest BCUT2D eigenvalue weighted by Crippen LogP contribution is -2.11. The molecule has 0 aliphatic carbocycles. The van der Waals surface area contributed by atoms with Crippen LogP contribution in [0.25, 0.3) is 0 Å². The molecule has 0 amide bonds. The maximum absolute atomic E-state index is 5.77. The van der Waals surface area contributed by atoms with E-state index in [0.717, 1.165) is 35.3 Å². The maximum Gasteiger partial charge on any atom is 0.223 e. The van der Waals surface area contributed by atoms with Gasteiger partial charge in [0, 0.05) is 17.5 Å². The van der Waals surface area contributed by atoms with Gasteiger partial charge in [0.1, 0.15) is 11.6 Å². The molecule has 0 saturated heterocycles. The summed E-state index contributed by atoms with van der Waals surface area (Å²) >= 11 is 1.70. The molecule has 2 aromatic heterocycles. The Bertz CT molecular complexity index is 610. The van der Waals surface area contributed by atoms with E-state index in [0.29, 0.717) is 0 Å². The molecule has 6 nitrogen and oxygen atoms in total. The molecule has 0 radical (unpaired) electrons. The predicted octanol–water partition coefficient (Wildman–Crippen LogP) is 3.13. The summed E-state index contributed by atoms with van der Waals surface area (Å²) < 4.78 is 0. The van der Waals surface area contributed by atoms with Gasteiger partial charge in [0.2, 0.25) is 5.95 Å². The zero-order chi connectivity index (χ0) is 15.4. The van der Waals surface area contributed by atoms with Crippen molar-refractivity contribution in [2.24, 2.45) is 0 Å². The van der Waals surface area contributed by atoms with Crippen LogP contribution >= 0.6 is 11.3 Å². The lowest BCUT2D eigenvalue weighted by Gasteiger charge is -2.15. The third-order valence-corrected chi connectivity index (χ3v) is 4.25. The Labute approximate surface area is 129 Å². The van der Waals surface area contributed by atoms with Crippen LogP contribution in [0.1, 0.15) is 41.9 Å². The standard InChI is InChI=1S/C14H22N6S/c1-5-6-16-11-7-12(20-14(15)19-11)18-9(3)13-8(2)17-10(4)21-13/h7,9H,5-6H2,1-4H3,(H4,15,16,18,19,20). The highest BCUT2D eigenvalue weighted by Gasteiger charge is 2.14. The van der Waals surface area contributed by atoms with Gasteiger partial charge in [0.15, 0.2) is 0 Å². The highest BCUT2D eigenvalue weighted by atomic mass is 32.1. The summed E-state index contributed by atoms with van der Waals surface area (Å²) in [4.78, 5) is 14.1. The second kappa shape index (κ2) is 6.71. The lowest BCUT2D eigenvalue weighted by atomic mass is 10.2. The van der Waals surface area contributed by atoms with Gasteiger partial charge in [-0.1, -0.05) is 6.92 Å². The van der Waals surface area contributed by atoms with Crippen molar-refractivity contribution in [3.63, 3.8) is 0 Å². The van der Waals surface area contributed by atoms with Crippen LogP contribution in [-0.2, 0) is 0 Å². The molecule has 0 aliphatic rings. The Morgan fingerprint density at radius 3 is 2.57 bits per heavy atom. The molecule has 4 N–H and O–H groups in total. The first-order valence-electron chi connectivity index (χ1n) is 7.08. The highest BCUT2D eigenvalue weighted by Crippen LogP contribution is 2.27. The van der Waals surface area contributed by atoms with E-state index in [4.69, 9.17) is 5.73 Å². The zero-order valence-electron chi connectivity index (χ0n) is 12.9. The summed E-state index contributed by atoms with van der Waals surface area (Å²) in [6, 6.07) is 2.01. The third-order valence-electron chi connectivity index (χ3n) is 3.00. The number of thiazole rings is 1. The van der Waals surface area contributed by atoms with Crippen LogP contribution in [0.2, 0.25) is 0 Å². The average molecular weight is 306 g/mol. The molecule has 0 saturated carbocycles. The fraction of sp³-hybridized carbons (Fsp3) is 0.500. The van der Waals surface area contributed by atoms with Gasteiger partial charge in [-0.05, 0) is 27.2 Å². The van der Waals surface area contributed by atoms with E-state index in [2.05, 4.69) is 39.4 Å². The van der Waals surface area contributed by atoms with Crippen molar-refractivity contribution >= 4 is 28.9 Å². The van der Waals surface area contributed by atoms with Crippen LogP contribution in [0.5, 0.6) is 0 Å². The van der Waals surface area contributed by atoms with E-state index in [9.17, 15) is 0 Å². The Morgan fingerprint density at radius 2 is 1.95 bits per heavy atom. The van der Waals surface area contributed by atoms with Gasteiger partial charge in [-0.25, -0.2) is 4.98 Å². The van der Waals surface area contributed by atoms with Gasteiger partial charge >= 0.3 is 0 Å². The summed E-state index contributed by atoms with van der Waals surface area (Å²) in [6.07, 6.45) is 1.03. The molecule has 7 heteroatoms. The Morgan fingerprint density at radius 1 is 1.24 bits per heavy atom. The lowest BCUT2D eigenvalue weighted by molar-refractivity contribution is 0.877. The van der Waals surface area contributed by atoms with Crippen molar-refractivity contribution in [1.29, 1.82) is 0 Å². The van der Waals surface area contributed by atoms with Crippen LogP contribution in [-0.4, -0.2) is 21.5 Å². The minimum Gasteiger partial charge on any atom is -0.370 e. The monoisotopic (exact) mass is 306 g/mol. The van der Waals surface area contributed by atoms with Crippen LogP contribution < -0.4 is 16.4 Å². The number of nitrogens with one attached hydrogen (secondary N) is 2. The molecule has 0 aliphatic heterocycles. The van der Waals surface area contributed by atoms with Crippen molar-refractivity contribution in [2.45, 2.75) is 40.2 Å². The summed E-state index contributed by atoms with van der Waals surface area (Å²) in [6.45, 7) is 9.10. The van der Waals surface area contributed by atoms with Crippen LogP contribution in [0.3, 0.4) is 0 Å². The van der Waals surface area contributed by atoms with E-state index < -0.39 is 0 Å². The summed E-state index contributed by atoms with van der Waals surface area (Å²) in [5.74, 6) is 1.73. The molecular formula is C14H22N6S. The largest absolute Gasteiger partial charge is 0.370 e. The SMILES string of the molecule is CCCNc1cc(NC(C)c2sc(C)nc2C)nc(N)n1. The van der Waals surface area contributed by atoms with Crippen molar-refractivity contribution in [2.75, 3.05) is 22.9 Å². The van der Waals surface area contributed by atoms with Crippen LogP contribution in [0, 0.1) is 13.8 Å². The number of anilines is 3. The smallest absolute Gasteiger partial charge is 0.223 e. The molecule has 0 bridgehead atoms.